The number of aromatic nitrogens is 1. The third-order valence-corrected chi connectivity index (χ3v) is 4.43. The molecule has 0 unspecified atom stereocenters. The highest BCUT2D eigenvalue weighted by Gasteiger charge is 2.26. The number of carbonyl (C=O) groups is 1. The summed E-state index contributed by atoms with van der Waals surface area (Å²) in [4.78, 5) is 22.9. The van der Waals surface area contributed by atoms with Gasteiger partial charge >= 0.3 is 6.03 Å². The van der Waals surface area contributed by atoms with Crippen molar-refractivity contribution in [2.75, 3.05) is 52.5 Å². The summed E-state index contributed by atoms with van der Waals surface area (Å²) in [5, 5.41) is 2.09. The highest BCUT2D eigenvalue weighted by molar-refractivity contribution is 7.07. The molecule has 1 aromatic rings. The number of hydrogen-bond acceptors (Lipinski definition) is 5. The van der Waals surface area contributed by atoms with Crippen molar-refractivity contribution in [2.24, 2.45) is 0 Å². The van der Waals surface area contributed by atoms with Gasteiger partial charge in [0, 0.05) is 51.2 Å². The largest absolute Gasteiger partial charge is 0.378 e. The highest BCUT2D eigenvalue weighted by atomic mass is 32.1. The van der Waals surface area contributed by atoms with Crippen LogP contribution in [0.5, 0.6) is 0 Å². The van der Waals surface area contributed by atoms with Gasteiger partial charge in [-0.1, -0.05) is 0 Å². The maximum absolute atomic E-state index is 12.3. The van der Waals surface area contributed by atoms with Gasteiger partial charge in [0.25, 0.3) is 0 Å². The first-order chi connectivity index (χ1) is 9.83. The second kappa shape index (κ2) is 6.51. The number of rotatable bonds is 2. The minimum absolute atomic E-state index is 0.168. The average Bonchev–Trinajstić information content (AvgIpc) is 3.01. The average molecular weight is 296 g/mol. The normalized spacial score (nSPS) is 21.2. The summed E-state index contributed by atoms with van der Waals surface area (Å²) in [6.07, 6.45) is 0. The summed E-state index contributed by atoms with van der Waals surface area (Å²) in [5.74, 6) is 0. The fourth-order valence-electron chi connectivity index (χ4n) is 2.60. The topological polar surface area (TPSA) is 48.9 Å². The van der Waals surface area contributed by atoms with Crippen molar-refractivity contribution in [1.82, 2.24) is 19.7 Å². The lowest BCUT2D eigenvalue weighted by molar-refractivity contribution is 0.0372. The Morgan fingerprint density at radius 3 is 2.50 bits per heavy atom. The number of amides is 2. The van der Waals surface area contributed by atoms with Gasteiger partial charge in [-0.3, -0.25) is 4.90 Å². The molecule has 6 nitrogen and oxygen atoms in total. The molecule has 20 heavy (non-hydrogen) atoms. The van der Waals surface area contributed by atoms with Gasteiger partial charge < -0.3 is 14.5 Å². The molecule has 0 bridgehead atoms. The van der Waals surface area contributed by atoms with Crippen LogP contribution < -0.4 is 0 Å². The van der Waals surface area contributed by atoms with Crippen LogP contribution in [0.1, 0.15) is 5.69 Å². The molecule has 7 heteroatoms. The van der Waals surface area contributed by atoms with Crippen molar-refractivity contribution < 1.29 is 9.53 Å². The number of piperazine rings is 1. The molecule has 0 saturated carbocycles. The number of ether oxygens (including phenoxy) is 1. The van der Waals surface area contributed by atoms with Crippen molar-refractivity contribution in [3.8, 4) is 0 Å². The van der Waals surface area contributed by atoms with E-state index >= 15 is 0 Å². The Balaban J connectivity index is 1.46. The zero-order valence-corrected chi connectivity index (χ0v) is 12.3. The van der Waals surface area contributed by atoms with E-state index < -0.39 is 0 Å². The van der Waals surface area contributed by atoms with E-state index in [0.717, 1.165) is 51.5 Å². The molecule has 0 N–H and O–H groups in total. The Morgan fingerprint density at radius 1 is 1.15 bits per heavy atom. The molecule has 2 fully saturated rings. The van der Waals surface area contributed by atoms with Crippen LogP contribution >= 0.6 is 11.3 Å². The van der Waals surface area contributed by atoms with E-state index in [1.54, 1.807) is 11.3 Å². The minimum Gasteiger partial charge on any atom is -0.378 e. The monoisotopic (exact) mass is 296 g/mol. The van der Waals surface area contributed by atoms with Gasteiger partial charge in [-0.2, -0.15) is 0 Å². The smallest absolute Gasteiger partial charge is 0.320 e. The summed E-state index contributed by atoms with van der Waals surface area (Å²) in [6, 6.07) is 0.168. The van der Waals surface area contributed by atoms with Gasteiger partial charge in [0.05, 0.1) is 24.4 Å². The highest BCUT2D eigenvalue weighted by Crippen LogP contribution is 2.11. The fraction of sp³-hybridized carbons (Fsp3) is 0.692. The molecule has 0 aliphatic carbocycles. The molecule has 1 aromatic heterocycles. The van der Waals surface area contributed by atoms with Crippen molar-refractivity contribution in [2.45, 2.75) is 6.54 Å². The maximum Gasteiger partial charge on any atom is 0.320 e. The third-order valence-electron chi connectivity index (χ3n) is 3.79. The lowest BCUT2D eigenvalue weighted by atomic mass is 10.3. The van der Waals surface area contributed by atoms with Crippen LogP contribution in [0, 0.1) is 0 Å². The molecule has 110 valence electrons. The van der Waals surface area contributed by atoms with E-state index in [2.05, 4.69) is 15.3 Å². The molecule has 0 radical (unpaired) electrons. The van der Waals surface area contributed by atoms with Gasteiger partial charge in [-0.15, -0.1) is 11.3 Å². The number of urea groups is 1. The first kappa shape index (κ1) is 13.8. The van der Waals surface area contributed by atoms with E-state index in [4.69, 9.17) is 4.74 Å². The summed E-state index contributed by atoms with van der Waals surface area (Å²) in [5.41, 5.74) is 3.00. The molecule has 2 aliphatic rings. The molecule has 0 atom stereocenters. The first-order valence-electron chi connectivity index (χ1n) is 7.04. The summed E-state index contributed by atoms with van der Waals surface area (Å²) >= 11 is 1.63. The predicted octanol–water partition coefficient (Wildman–Crippen LogP) is 0.713. The zero-order valence-electron chi connectivity index (χ0n) is 11.5. The second-order valence-electron chi connectivity index (χ2n) is 5.12. The molecule has 0 aromatic carbocycles. The maximum atomic E-state index is 12.3. The predicted molar refractivity (Wildman–Crippen MR) is 76.8 cm³/mol. The lowest BCUT2D eigenvalue weighted by Crippen LogP contribution is -2.54. The van der Waals surface area contributed by atoms with E-state index in [9.17, 15) is 4.79 Å². The number of thiazole rings is 1. The number of morpholine rings is 1. The van der Waals surface area contributed by atoms with Gasteiger partial charge in [0.2, 0.25) is 0 Å². The van der Waals surface area contributed by atoms with E-state index in [1.165, 1.54) is 0 Å². The Morgan fingerprint density at radius 2 is 1.85 bits per heavy atom. The molecular weight excluding hydrogens is 276 g/mol. The molecule has 3 heterocycles. The van der Waals surface area contributed by atoms with Gasteiger partial charge in [0.1, 0.15) is 0 Å². The van der Waals surface area contributed by atoms with Crippen molar-refractivity contribution in [3.63, 3.8) is 0 Å². The van der Waals surface area contributed by atoms with Gasteiger partial charge in [-0.25, -0.2) is 9.78 Å². The van der Waals surface area contributed by atoms with Crippen LogP contribution in [0.15, 0.2) is 10.9 Å². The van der Waals surface area contributed by atoms with E-state index in [0.29, 0.717) is 13.2 Å². The van der Waals surface area contributed by atoms with E-state index in [1.807, 2.05) is 15.3 Å². The summed E-state index contributed by atoms with van der Waals surface area (Å²) in [7, 11) is 0. The van der Waals surface area contributed by atoms with Crippen LogP contribution in [-0.4, -0.2) is 78.2 Å². The summed E-state index contributed by atoms with van der Waals surface area (Å²) in [6.45, 7) is 7.12. The van der Waals surface area contributed by atoms with Gasteiger partial charge in [-0.05, 0) is 0 Å². The Kier molecular flexibility index (Phi) is 4.49. The van der Waals surface area contributed by atoms with Crippen LogP contribution in [0.2, 0.25) is 0 Å². The lowest BCUT2D eigenvalue weighted by Gasteiger charge is -2.38. The van der Waals surface area contributed by atoms with Crippen LogP contribution in [0.4, 0.5) is 4.79 Å². The van der Waals surface area contributed by atoms with E-state index in [-0.39, 0.29) is 6.03 Å². The summed E-state index contributed by atoms with van der Waals surface area (Å²) < 4.78 is 5.29. The first-order valence-corrected chi connectivity index (χ1v) is 7.98. The standard InChI is InChI=1S/C13H20N4O2S/c18-13(17-5-7-19-8-6-17)16-3-1-15(2-4-16)9-12-10-20-11-14-12/h10-11H,1-9H2. The van der Waals surface area contributed by atoms with Crippen LogP contribution in [0.3, 0.4) is 0 Å². The Hall–Kier alpha value is -1.18. The van der Waals surface area contributed by atoms with Crippen molar-refractivity contribution in [3.05, 3.63) is 16.6 Å². The van der Waals surface area contributed by atoms with Gasteiger partial charge in [0.15, 0.2) is 0 Å². The quantitative estimate of drug-likeness (QED) is 0.806. The zero-order chi connectivity index (χ0) is 13.8. The van der Waals surface area contributed by atoms with Crippen molar-refractivity contribution >= 4 is 17.4 Å². The molecule has 3 rings (SSSR count). The molecule has 0 spiro atoms. The van der Waals surface area contributed by atoms with Crippen LogP contribution in [0.25, 0.3) is 0 Å². The molecule has 2 aliphatic heterocycles. The number of carbonyl (C=O) groups excluding carboxylic acids is 1. The molecule has 2 saturated heterocycles. The second-order valence-corrected chi connectivity index (χ2v) is 5.84. The SMILES string of the molecule is O=C(N1CCOCC1)N1CCN(Cc2cscn2)CC1. The Bertz CT molecular complexity index is 426. The number of nitrogens with zero attached hydrogens (tertiary/aromatic N) is 4. The molecular formula is C13H20N4O2S. The molecule has 2 amide bonds. The van der Waals surface area contributed by atoms with Crippen molar-refractivity contribution in [1.29, 1.82) is 0 Å². The minimum atomic E-state index is 0.168. The fourth-order valence-corrected chi connectivity index (χ4v) is 3.15. The third kappa shape index (κ3) is 3.28. The number of hydrogen-bond donors (Lipinski definition) is 0. The Labute approximate surface area is 122 Å². The van der Waals surface area contributed by atoms with Crippen LogP contribution in [-0.2, 0) is 11.3 Å².